The largest absolute Gasteiger partial charge is 0.370 e. The molecule has 0 saturated heterocycles. The molecule has 0 atom stereocenters. The number of hydrogen-bond donors (Lipinski definition) is 1. The second kappa shape index (κ2) is 12.5. The average Bonchev–Trinajstić information content (AvgIpc) is 2.35. The summed E-state index contributed by atoms with van der Waals surface area (Å²) in [4.78, 5) is 9.22. The standard InChI is InChI=1S/C8H16.C2H5NO.C2H6/c1-8-6-4-2-3-5-7-8;1-2(3)4;1-2/h8H,2-7H2,1H3;1H3,(H2,3,4);1-2H3. The fraction of sp³-hybridized carbons (Fsp3) is 0.917. The Morgan fingerprint density at radius 3 is 1.64 bits per heavy atom. The second-order valence-corrected chi connectivity index (χ2v) is 3.71. The van der Waals surface area contributed by atoms with Crippen LogP contribution in [0.1, 0.15) is 66.2 Å². The number of nitrogens with two attached hydrogens (primary N) is 1. The zero-order valence-electron chi connectivity index (χ0n) is 10.3. The predicted octanol–water partition coefficient (Wildman–Crippen LogP) is 3.49. The van der Waals surface area contributed by atoms with Gasteiger partial charge in [-0.25, -0.2) is 0 Å². The zero-order chi connectivity index (χ0) is 11.4. The van der Waals surface area contributed by atoms with Crippen LogP contribution in [0.25, 0.3) is 0 Å². The molecule has 0 unspecified atom stereocenters. The van der Waals surface area contributed by atoms with Gasteiger partial charge in [0.2, 0.25) is 5.91 Å². The second-order valence-electron chi connectivity index (χ2n) is 3.71. The van der Waals surface area contributed by atoms with Gasteiger partial charge in [-0.1, -0.05) is 59.3 Å². The molecule has 0 heterocycles. The van der Waals surface area contributed by atoms with Crippen LogP contribution in [0.15, 0.2) is 0 Å². The Hall–Kier alpha value is -0.530. The predicted molar refractivity (Wildman–Crippen MR) is 63.1 cm³/mol. The molecule has 86 valence electrons. The van der Waals surface area contributed by atoms with Crippen LogP contribution < -0.4 is 5.73 Å². The van der Waals surface area contributed by atoms with Gasteiger partial charge in [-0.15, -0.1) is 0 Å². The van der Waals surface area contributed by atoms with Crippen molar-refractivity contribution >= 4 is 5.91 Å². The molecule has 0 aromatic heterocycles. The van der Waals surface area contributed by atoms with Gasteiger partial charge < -0.3 is 5.73 Å². The van der Waals surface area contributed by atoms with Crippen LogP contribution in [0.2, 0.25) is 0 Å². The van der Waals surface area contributed by atoms with Crippen LogP contribution in [-0.2, 0) is 4.79 Å². The van der Waals surface area contributed by atoms with Crippen molar-refractivity contribution in [2.24, 2.45) is 11.7 Å². The van der Waals surface area contributed by atoms with Crippen LogP contribution >= 0.6 is 0 Å². The van der Waals surface area contributed by atoms with Crippen molar-refractivity contribution < 1.29 is 4.79 Å². The lowest BCUT2D eigenvalue weighted by Gasteiger charge is -2.02. The summed E-state index contributed by atoms with van der Waals surface area (Å²) in [6, 6.07) is 0. The van der Waals surface area contributed by atoms with E-state index in [9.17, 15) is 4.79 Å². The van der Waals surface area contributed by atoms with Crippen LogP contribution in [0, 0.1) is 5.92 Å². The van der Waals surface area contributed by atoms with Crippen molar-refractivity contribution in [2.45, 2.75) is 66.2 Å². The van der Waals surface area contributed by atoms with E-state index in [4.69, 9.17) is 0 Å². The number of primary amides is 1. The molecular weight excluding hydrogens is 174 g/mol. The quantitative estimate of drug-likeness (QED) is 0.599. The third-order valence-electron chi connectivity index (χ3n) is 2.14. The minimum absolute atomic E-state index is 0.333. The molecule has 1 rings (SSSR count). The van der Waals surface area contributed by atoms with Crippen molar-refractivity contribution in [3.8, 4) is 0 Å². The van der Waals surface area contributed by atoms with Crippen molar-refractivity contribution in [1.82, 2.24) is 0 Å². The van der Waals surface area contributed by atoms with E-state index in [1.54, 1.807) is 0 Å². The van der Waals surface area contributed by atoms with Gasteiger partial charge >= 0.3 is 0 Å². The molecule has 1 fully saturated rings. The summed E-state index contributed by atoms with van der Waals surface area (Å²) in [6.07, 6.45) is 8.93. The molecule has 1 amide bonds. The maximum Gasteiger partial charge on any atom is 0.214 e. The number of carbonyl (C=O) groups excluding carboxylic acids is 1. The fourth-order valence-corrected chi connectivity index (χ4v) is 1.48. The van der Waals surface area contributed by atoms with E-state index in [1.807, 2.05) is 13.8 Å². The number of rotatable bonds is 0. The van der Waals surface area contributed by atoms with Crippen molar-refractivity contribution in [3.63, 3.8) is 0 Å². The molecule has 0 aromatic rings. The summed E-state index contributed by atoms with van der Waals surface area (Å²) in [6.45, 7) is 7.69. The number of amides is 1. The molecule has 0 aromatic carbocycles. The van der Waals surface area contributed by atoms with E-state index in [2.05, 4.69) is 12.7 Å². The van der Waals surface area contributed by atoms with Crippen LogP contribution in [0.4, 0.5) is 0 Å². The monoisotopic (exact) mass is 201 g/mol. The normalized spacial score (nSPS) is 16.6. The molecule has 0 bridgehead atoms. The highest BCUT2D eigenvalue weighted by molar-refractivity contribution is 5.70. The Kier molecular flexibility index (Phi) is 14.2. The molecule has 14 heavy (non-hydrogen) atoms. The topological polar surface area (TPSA) is 43.1 Å². The lowest BCUT2D eigenvalue weighted by Crippen LogP contribution is -2.01. The highest BCUT2D eigenvalue weighted by Crippen LogP contribution is 2.21. The average molecular weight is 201 g/mol. The third-order valence-corrected chi connectivity index (χ3v) is 2.14. The number of hydrogen-bond acceptors (Lipinski definition) is 1. The number of carbonyl (C=O) groups is 1. The first kappa shape index (κ1) is 15.9. The first-order valence-corrected chi connectivity index (χ1v) is 5.89. The summed E-state index contributed by atoms with van der Waals surface area (Å²) in [5.41, 5.74) is 4.47. The first-order chi connectivity index (χ1) is 6.63. The first-order valence-electron chi connectivity index (χ1n) is 5.89. The third kappa shape index (κ3) is 17.5. The summed E-state index contributed by atoms with van der Waals surface area (Å²) in [5.74, 6) is 0.692. The van der Waals surface area contributed by atoms with Gasteiger partial charge in [0.25, 0.3) is 0 Å². The van der Waals surface area contributed by atoms with Crippen LogP contribution in [0.3, 0.4) is 0 Å². The molecule has 0 radical (unpaired) electrons. The minimum Gasteiger partial charge on any atom is -0.370 e. The lowest BCUT2D eigenvalue weighted by atomic mass is 10.0. The summed E-state index contributed by atoms with van der Waals surface area (Å²) < 4.78 is 0. The minimum atomic E-state index is -0.333. The highest BCUT2D eigenvalue weighted by atomic mass is 16.1. The maximum atomic E-state index is 9.22. The van der Waals surface area contributed by atoms with Crippen LogP contribution in [0.5, 0.6) is 0 Å². The molecule has 1 aliphatic carbocycles. The molecule has 2 heteroatoms. The molecule has 2 N–H and O–H groups in total. The van der Waals surface area contributed by atoms with E-state index in [-0.39, 0.29) is 5.91 Å². The molecular formula is C12H27NO. The van der Waals surface area contributed by atoms with Gasteiger partial charge in [0.05, 0.1) is 0 Å². The summed E-state index contributed by atoms with van der Waals surface area (Å²) >= 11 is 0. The van der Waals surface area contributed by atoms with Gasteiger partial charge in [0.1, 0.15) is 0 Å². The zero-order valence-corrected chi connectivity index (χ0v) is 10.3. The van der Waals surface area contributed by atoms with Crippen molar-refractivity contribution in [1.29, 1.82) is 0 Å². The summed E-state index contributed by atoms with van der Waals surface area (Å²) in [5, 5.41) is 0. The van der Waals surface area contributed by atoms with E-state index < -0.39 is 0 Å². The van der Waals surface area contributed by atoms with E-state index in [0.29, 0.717) is 0 Å². The van der Waals surface area contributed by atoms with Crippen molar-refractivity contribution in [2.75, 3.05) is 0 Å². The lowest BCUT2D eigenvalue weighted by molar-refractivity contribution is -0.115. The van der Waals surface area contributed by atoms with E-state index >= 15 is 0 Å². The van der Waals surface area contributed by atoms with Gasteiger partial charge in [0, 0.05) is 6.92 Å². The summed E-state index contributed by atoms with van der Waals surface area (Å²) in [7, 11) is 0. The smallest absolute Gasteiger partial charge is 0.214 e. The Balaban J connectivity index is 0. The van der Waals surface area contributed by atoms with Crippen LogP contribution in [-0.4, -0.2) is 5.91 Å². The fourth-order valence-electron chi connectivity index (χ4n) is 1.48. The maximum absolute atomic E-state index is 9.22. The van der Waals surface area contributed by atoms with Gasteiger partial charge in [-0.2, -0.15) is 0 Å². The Bertz CT molecular complexity index is 111. The Morgan fingerprint density at radius 1 is 1.07 bits per heavy atom. The molecule has 0 spiro atoms. The molecule has 1 saturated carbocycles. The molecule has 0 aliphatic heterocycles. The van der Waals surface area contributed by atoms with E-state index in [0.717, 1.165) is 5.92 Å². The Labute approximate surface area is 89.3 Å². The van der Waals surface area contributed by atoms with Crippen molar-refractivity contribution in [3.05, 3.63) is 0 Å². The van der Waals surface area contributed by atoms with Gasteiger partial charge in [-0.3, -0.25) is 4.79 Å². The highest BCUT2D eigenvalue weighted by Gasteiger charge is 2.05. The molecule has 2 nitrogen and oxygen atoms in total. The van der Waals surface area contributed by atoms with Gasteiger partial charge in [0.15, 0.2) is 0 Å². The molecule has 1 aliphatic rings. The SMILES string of the molecule is CC.CC(N)=O.CC1CCCCCC1. The van der Waals surface area contributed by atoms with E-state index in [1.165, 1.54) is 45.4 Å². The Morgan fingerprint density at radius 2 is 1.36 bits per heavy atom. The van der Waals surface area contributed by atoms with Gasteiger partial charge in [-0.05, 0) is 5.92 Å².